The first-order valence-electron chi connectivity index (χ1n) is 6.13. The van der Waals surface area contributed by atoms with Gasteiger partial charge in [-0.1, -0.05) is 15.9 Å². The first-order chi connectivity index (χ1) is 8.66. The molecule has 0 amide bonds. The van der Waals surface area contributed by atoms with Gasteiger partial charge in [0.15, 0.2) is 0 Å². The Labute approximate surface area is 116 Å². The van der Waals surface area contributed by atoms with E-state index in [1.807, 2.05) is 18.7 Å². The van der Waals surface area contributed by atoms with Gasteiger partial charge in [0.1, 0.15) is 0 Å². The standard InChI is InChI=1S/C14H18BrN3/c1-11-8-13(15)9-12(2)14(11)17-4-3-6-18-7-5-16-10-18/h5,7-10,17H,3-4,6H2,1-2H3. The molecule has 0 atom stereocenters. The second kappa shape index (κ2) is 6.05. The summed E-state index contributed by atoms with van der Waals surface area (Å²) in [6.07, 6.45) is 6.76. The van der Waals surface area contributed by atoms with Crippen molar-refractivity contribution in [3.8, 4) is 0 Å². The van der Waals surface area contributed by atoms with Crippen LogP contribution < -0.4 is 5.32 Å². The zero-order valence-electron chi connectivity index (χ0n) is 10.8. The normalized spacial score (nSPS) is 10.6. The molecule has 1 N–H and O–H groups in total. The highest BCUT2D eigenvalue weighted by Crippen LogP contribution is 2.24. The van der Waals surface area contributed by atoms with Crippen LogP contribution in [0.1, 0.15) is 17.5 Å². The molecule has 2 rings (SSSR count). The van der Waals surface area contributed by atoms with Crippen LogP contribution in [0.25, 0.3) is 0 Å². The van der Waals surface area contributed by atoms with E-state index in [-0.39, 0.29) is 0 Å². The third kappa shape index (κ3) is 3.35. The Kier molecular flexibility index (Phi) is 4.42. The zero-order valence-corrected chi connectivity index (χ0v) is 12.4. The fraction of sp³-hybridized carbons (Fsp3) is 0.357. The lowest BCUT2D eigenvalue weighted by molar-refractivity contribution is 0.660. The fourth-order valence-electron chi connectivity index (χ4n) is 2.08. The minimum atomic E-state index is 0.974. The SMILES string of the molecule is Cc1cc(Br)cc(C)c1NCCCn1ccnc1. The second-order valence-electron chi connectivity index (χ2n) is 4.50. The summed E-state index contributed by atoms with van der Waals surface area (Å²) >= 11 is 3.52. The topological polar surface area (TPSA) is 29.9 Å². The molecule has 1 aromatic heterocycles. The largest absolute Gasteiger partial charge is 0.385 e. The Morgan fingerprint density at radius 3 is 2.61 bits per heavy atom. The van der Waals surface area contributed by atoms with Gasteiger partial charge in [0, 0.05) is 35.6 Å². The number of aromatic nitrogens is 2. The van der Waals surface area contributed by atoms with Gasteiger partial charge in [-0.2, -0.15) is 0 Å². The van der Waals surface area contributed by atoms with Crippen LogP contribution in [-0.4, -0.2) is 16.1 Å². The summed E-state index contributed by atoms with van der Waals surface area (Å²) in [6.45, 7) is 6.25. The van der Waals surface area contributed by atoms with Crippen LogP contribution in [0, 0.1) is 13.8 Å². The maximum atomic E-state index is 4.03. The molecule has 0 unspecified atom stereocenters. The minimum Gasteiger partial charge on any atom is -0.385 e. The number of aryl methyl sites for hydroxylation is 3. The number of nitrogens with zero attached hydrogens (tertiary/aromatic N) is 2. The molecule has 0 spiro atoms. The highest BCUT2D eigenvalue weighted by Gasteiger charge is 2.03. The predicted molar refractivity (Wildman–Crippen MR) is 78.9 cm³/mol. The molecule has 0 fully saturated rings. The molecule has 0 bridgehead atoms. The van der Waals surface area contributed by atoms with Crippen molar-refractivity contribution < 1.29 is 0 Å². The van der Waals surface area contributed by atoms with E-state index in [9.17, 15) is 0 Å². The molecule has 2 aromatic rings. The van der Waals surface area contributed by atoms with E-state index in [0.29, 0.717) is 0 Å². The second-order valence-corrected chi connectivity index (χ2v) is 5.41. The van der Waals surface area contributed by atoms with Crippen molar-refractivity contribution in [2.24, 2.45) is 0 Å². The van der Waals surface area contributed by atoms with Gasteiger partial charge in [-0.15, -0.1) is 0 Å². The van der Waals surface area contributed by atoms with E-state index in [2.05, 4.69) is 56.8 Å². The number of benzene rings is 1. The Morgan fingerprint density at radius 2 is 2.00 bits per heavy atom. The number of hydrogen-bond acceptors (Lipinski definition) is 2. The molecule has 3 nitrogen and oxygen atoms in total. The van der Waals surface area contributed by atoms with E-state index < -0.39 is 0 Å². The van der Waals surface area contributed by atoms with Crippen LogP contribution in [0.5, 0.6) is 0 Å². The van der Waals surface area contributed by atoms with Crippen molar-refractivity contribution in [3.05, 3.63) is 46.5 Å². The van der Waals surface area contributed by atoms with E-state index >= 15 is 0 Å². The molecular weight excluding hydrogens is 290 g/mol. The molecule has 96 valence electrons. The van der Waals surface area contributed by atoms with Gasteiger partial charge in [-0.25, -0.2) is 4.98 Å². The number of halogens is 1. The third-order valence-electron chi connectivity index (χ3n) is 2.95. The lowest BCUT2D eigenvalue weighted by atomic mass is 10.1. The summed E-state index contributed by atoms with van der Waals surface area (Å²) in [4.78, 5) is 4.03. The molecular formula is C14H18BrN3. The van der Waals surface area contributed by atoms with Crippen molar-refractivity contribution >= 4 is 21.6 Å². The number of rotatable bonds is 5. The summed E-state index contributed by atoms with van der Waals surface area (Å²) in [7, 11) is 0. The maximum Gasteiger partial charge on any atom is 0.0945 e. The van der Waals surface area contributed by atoms with Gasteiger partial charge in [0.05, 0.1) is 6.33 Å². The van der Waals surface area contributed by atoms with Crippen molar-refractivity contribution in [2.75, 3.05) is 11.9 Å². The third-order valence-corrected chi connectivity index (χ3v) is 3.41. The Hall–Kier alpha value is -1.29. The molecule has 0 saturated carbocycles. The first kappa shape index (κ1) is 13.1. The van der Waals surface area contributed by atoms with Crippen LogP contribution in [-0.2, 0) is 6.54 Å². The minimum absolute atomic E-state index is 0.974. The van der Waals surface area contributed by atoms with Crippen LogP contribution in [0.15, 0.2) is 35.3 Å². The molecule has 0 aliphatic heterocycles. The average Bonchev–Trinajstić information content (AvgIpc) is 2.79. The monoisotopic (exact) mass is 307 g/mol. The van der Waals surface area contributed by atoms with Crippen molar-refractivity contribution in [1.29, 1.82) is 0 Å². The molecule has 4 heteroatoms. The van der Waals surface area contributed by atoms with Gasteiger partial charge in [-0.3, -0.25) is 0 Å². The summed E-state index contributed by atoms with van der Waals surface area (Å²) in [6, 6.07) is 4.29. The smallest absolute Gasteiger partial charge is 0.0945 e. The Morgan fingerprint density at radius 1 is 1.28 bits per heavy atom. The number of nitrogens with one attached hydrogen (secondary N) is 1. The maximum absolute atomic E-state index is 4.03. The van der Waals surface area contributed by atoms with Crippen LogP contribution in [0.3, 0.4) is 0 Å². The van der Waals surface area contributed by atoms with Gasteiger partial charge >= 0.3 is 0 Å². The lowest BCUT2D eigenvalue weighted by Gasteiger charge is -2.13. The number of hydrogen-bond donors (Lipinski definition) is 1. The summed E-state index contributed by atoms with van der Waals surface area (Å²) in [5.74, 6) is 0. The molecule has 0 radical (unpaired) electrons. The van der Waals surface area contributed by atoms with E-state index in [4.69, 9.17) is 0 Å². The first-order valence-corrected chi connectivity index (χ1v) is 6.92. The van der Waals surface area contributed by atoms with E-state index in [0.717, 1.165) is 24.0 Å². The van der Waals surface area contributed by atoms with Gasteiger partial charge < -0.3 is 9.88 Å². The zero-order chi connectivity index (χ0) is 13.0. The molecule has 1 aromatic carbocycles. The van der Waals surface area contributed by atoms with Gasteiger partial charge in [0.25, 0.3) is 0 Å². The molecule has 18 heavy (non-hydrogen) atoms. The van der Waals surface area contributed by atoms with Crippen molar-refractivity contribution in [1.82, 2.24) is 9.55 Å². The Bertz CT molecular complexity index is 483. The van der Waals surface area contributed by atoms with Gasteiger partial charge in [0.2, 0.25) is 0 Å². The van der Waals surface area contributed by atoms with Gasteiger partial charge in [-0.05, 0) is 43.5 Å². The molecule has 1 heterocycles. The van der Waals surface area contributed by atoms with E-state index in [1.54, 1.807) is 0 Å². The highest BCUT2D eigenvalue weighted by atomic mass is 79.9. The highest BCUT2D eigenvalue weighted by molar-refractivity contribution is 9.10. The number of anilines is 1. The van der Waals surface area contributed by atoms with Crippen LogP contribution in [0.4, 0.5) is 5.69 Å². The summed E-state index contributed by atoms with van der Waals surface area (Å²) < 4.78 is 3.24. The Balaban J connectivity index is 1.87. The lowest BCUT2D eigenvalue weighted by Crippen LogP contribution is -2.07. The molecule has 0 aliphatic carbocycles. The quantitative estimate of drug-likeness (QED) is 0.852. The predicted octanol–water partition coefficient (Wildman–Crippen LogP) is 3.76. The molecule has 0 saturated heterocycles. The average molecular weight is 308 g/mol. The van der Waals surface area contributed by atoms with E-state index in [1.165, 1.54) is 16.8 Å². The van der Waals surface area contributed by atoms with Crippen molar-refractivity contribution in [3.63, 3.8) is 0 Å². The number of imidazole rings is 1. The van der Waals surface area contributed by atoms with Crippen LogP contribution in [0.2, 0.25) is 0 Å². The molecule has 0 aliphatic rings. The summed E-state index contributed by atoms with van der Waals surface area (Å²) in [5, 5.41) is 3.52. The van der Waals surface area contributed by atoms with Crippen molar-refractivity contribution in [2.45, 2.75) is 26.8 Å². The fourth-order valence-corrected chi connectivity index (χ4v) is 2.77. The summed E-state index contributed by atoms with van der Waals surface area (Å²) in [5.41, 5.74) is 3.82. The van der Waals surface area contributed by atoms with Crippen LogP contribution >= 0.6 is 15.9 Å².